The van der Waals surface area contributed by atoms with Crippen molar-refractivity contribution < 1.29 is 14.3 Å². The fraction of sp³-hybridized carbons (Fsp3) is 0. The Morgan fingerprint density at radius 3 is 2.59 bits per heavy atom. The van der Waals surface area contributed by atoms with Crippen LogP contribution in [0, 0.1) is 0 Å². The fourth-order valence-corrected chi connectivity index (χ4v) is 2.44. The summed E-state index contributed by atoms with van der Waals surface area (Å²) in [5, 5.41) is 1.24. The van der Waals surface area contributed by atoms with Crippen molar-refractivity contribution in [3.63, 3.8) is 0 Å². The van der Waals surface area contributed by atoms with Gasteiger partial charge < -0.3 is 10.5 Å². The van der Waals surface area contributed by atoms with E-state index in [1.165, 1.54) is 0 Å². The Balaban J connectivity index is 2.59. The van der Waals surface area contributed by atoms with Crippen LogP contribution in [0.4, 0.5) is 5.69 Å². The second kappa shape index (κ2) is 3.30. The minimum absolute atomic E-state index is 0.358. The van der Waals surface area contributed by atoms with E-state index in [-0.39, 0.29) is 0 Å². The predicted molar refractivity (Wildman–Crippen MR) is 65.8 cm³/mol. The largest absolute Gasteiger partial charge is 0.397 e. The number of benzene rings is 2. The van der Waals surface area contributed by atoms with Gasteiger partial charge in [-0.1, -0.05) is 12.1 Å². The van der Waals surface area contributed by atoms with Crippen molar-refractivity contribution in [2.24, 2.45) is 0 Å². The predicted octanol–water partition coefficient (Wildman–Crippen LogP) is 2.50. The van der Waals surface area contributed by atoms with Gasteiger partial charge in [-0.3, -0.25) is 0 Å². The third-order valence-corrected chi connectivity index (χ3v) is 3.43. The lowest BCUT2D eigenvalue weighted by Gasteiger charge is -2.17. The molecular weight excluding hydrogens is 286 g/mol. The second-order valence-electron chi connectivity index (χ2n) is 3.72. The Kier molecular flexibility index (Phi) is 2.00. The average Bonchev–Trinajstić information content (AvgIpc) is 2.31. The summed E-state index contributed by atoms with van der Waals surface area (Å²) in [5.41, 5.74) is 7.15. The number of hydrogen-bond donors (Lipinski definition) is 1. The van der Waals surface area contributed by atoms with Gasteiger partial charge in [-0.25, -0.2) is 9.59 Å². The molecule has 0 saturated heterocycles. The van der Waals surface area contributed by atoms with E-state index in [2.05, 4.69) is 20.7 Å². The number of cyclic esters (lactones) is 2. The molecule has 1 aliphatic heterocycles. The molecule has 0 amide bonds. The molecule has 2 aromatic rings. The molecule has 17 heavy (non-hydrogen) atoms. The molecule has 0 aliphatic carbocycles. The van der Waals surface area contributed by atoms with Crippen LogP contribution in [-0.2, 0) is 4.74 Å². The summed E-state index contributed by atoms with van der Waals surface area (Å²) < 4.78 is 5.27. The minimum atomic E-state index is -0.639. The molecular formula is C12H6BrNO3. The smallest absolute Gasteiger partial charge is 0.346 e. The number of anilines is 1. The highest BCUT2D eigenvalue weighted by Gasteiger charge is 2.28. The van der Waals surface area contributed by atoms with Crippen molar-refractivity contribution in [3.05, 3.63) is 39.9 Å². The first-order valence-corrected chi connectivity index (χ1v) is 5.66. The van der Waals surface area contributed by atoms with Crippen molar-refractivity contribution in [3.8, 4) is 0 Å². The van der Waals surface area contributed by atoms with E-state index >= 15 is 0 Å². The molecule has 0 saturated carbocycles. The summed E-state index contributed by atoms with van der Waals surface area (Å²) in [7, 11) is 0. The third kappa shape index (κ3) is 1.29. The zero-order valence-corrected chi connectivity index (χ0v) is 10.1. The lowest BCUT2D eigenvalue weighted by Crippen LogP contribution is -2.19. The van der Waals surface area contributed by atoms with Gasteiger partial charge in [0.25, 0.3) is 0 Å². The second-order valence-corrected chi connectivity index (χ2v) is 4.58. The number of rotatable bonds is 0. The first-order chi connectivity index (χ1) is 8.09. The van der Waals surface area contributed by atoms with Crippen LogP contribution in [0.15, 0.2) is 28.7 Å². The molecule has 0 aromatic heterocycles. The highest BCUT2D eigenvalue weighted by Crippen LogP contribution is 2.36. The first kappa shape index (κ1) is 10.3. The average molecular weight is 292 g/mol. The van der Waals surface area contributed by atoms with Crippen LogP contribution < -0.4 is 5.73 Å². The normalized spacial score (nSPS) is 13.9. The Bertz CT molecular complexity index is 694. The van der Waals surface area contributed by atoms with E-state index in [1.807, 2.05) is 0 Å². The number of carbonyl (C=O) groups excluding carboxylic acids is 2. The Morgan fingerprint density at radius 1 is 1.12 bits per heavy atom. The zero-order chi connectivity index (χ0) is 12.2. The van der Waals surface area contributed by atoms with Gasteiger partial charge in [0, 0.05) is 15.2 Å². The van der Waals surface area contributed by atoms with Gasteiger partial charge in [0.05, 0.1) is 16.8 Å². The van der Waals surface area contributed by atoms with Gasteiger partial charge in [0.2, 0.25) is 0 Å². The van der Waals surface area contributed by atoms with E-state index in [0.29, 0.717) is 32.1 Å². The standard InChI is InChI=1S/C12H6BrNO3/c13-8-4-7-9-5(10(8)14)2-1-3-6(9)11(15)17-12(7)16/h1-4H,14H2. The molecule has 2 aromatic carbocycles. The summed E-state index contributed by atoms with van der Waals surface area (Å²) in [6.07, 6.45) is 0. The van der Waals surface area contributed by atoms with E-state index in [0.717, 1.165) is 0 Å². The van der Waals surface area contributed by atoms with E-state index in [1.54, 1.807) is 24.3 Å². The lowest BCUT2D eigenvalue weighted by molar-refractivity contribution is 0.0391. The molecule has 5 heteroatoms. The molecule has 2 N–H and O–H groups in total. The number of hydrogen-bond acceptors (Lipinski definition) is 4. The van der Waals surface area contributed by atoms with Crippen LogP contribution >= 0.6 is 15.9 Å². The molecule has 0 bridgehead atoms. The van der Waals surface area contributed by atoms with Gasteiger partial charge in [-0.05, 0) is 28.1 Å². The Hall–Kier alpha value is -1.88. The van der Waals surface area contributed by atoms with E-state index < -0.39 is 11.9 Å². The molecule has 0 radical (unpaired) electrons. The number of halogens is 1. The Morgan fingerprint density at radius 2 is 1.82 bits per heavy atom. The maximum atomic E-state index is 11.6. The van der Waals surface area contributed by atoms with Crippen molar-refractivity contribution in [2.75, 3.05) is 5.73 Å². The van der Waals surface area contributed by atoms with Crippen LogP contribution in [-0.4, -0.2) is 11.9 Å². The van der Waals surface area contributed by atoms with Crippen LogP contribution in [0.1, 0.15) is 20.7 Å². The monoisotopic (exact) mass is 291 g/mol. The molecule has 1 heterocycles. The zero-order valence-electron chi connectivity index (χ0n) is 8.49. The van der Waals surface area contributed by atoms with Crippen molar-refractivity contribution in [1.82, 2.24) is 0 Å². The minimum Gasteiger partial charge on any atom is -0.397 e. The van der Waals surface area contributed by atoms with Crippen molar-refractivity contribution >= 4 is 44.3 Å². The molecule has 4 nitrogen and oxygen atoms in total. The van der Waals surface area contributed by atoms with Crippen molar-refractivity contribution in [2.45, 2.75) is 0 Å². The summed E-state index contributed by atoms with van der Waals surface area (Å²) in [6, 6.07) is 6.68. The van der Waals surface area contributed by atoms with Gasteiger partial charge in [0.1, 0.15) is 0 Å². The number of nitrogens with two attached hydrogens (primary N) is 1. The van der Waals surface area contributed by atoms with Gasteiger partial charge in [-0.15, -0.1) is 0 Å². The van der Waals surface area contributed by atoms with Crippen molar-refractivity contribution in [1.29, 1.82) is 0 Å². The molecule has 0 spiro atoms. The van der Waals surface area contributed by atoms with Gasteiger partial charge in [-0.2, -0.15) is 0 Å². The van der Waals surface area contributed by atoms with E-state index in [9.17, 15) is 9.59 Å². The van der Waals surface area contributed by atoms with Crippen LogP contribution in [0.3, 0.4) is 0 Å². The first-order valence-electron chi connectivity index (χ1n) is 4.87. The Labute approximate surface area is 104 Å². The highest BCUT2D eigenvalue weighted by molar-refractivity contribution is 9.10. The fourth-order valence-electron chi connectivity index (χ4n) is 2.00. The summed E-state index contributed by atoms with van der Waals surface area (Å²) in [5.74, 6) is -1.27. The molecule has 0 atom stereocenters. The quantitative estimate of drug-likeness (QED) is 0.460. The molecule has 3 rings (SSSR count). The van der Waals surface area contributed by atoms with Crippen LogP contribution in [0.5, 0.6) is 0 Å². The summed E-state index contributed by atoms with van der Waals surface area (Å²) in [4.78, 5) is 23.2. The molecule has 0 unspecified atom stereocenters. The maximum Gasteiger partial charge on any atom is 0.346 e. The molecule has 84 valence electrons. The lowest BCUT2D eigenvalue weighted by atomic mass is 9.96. The number of carbonyl (C=O) groups is 2. The third-order valence-electron chi connectivity index (χ3n) is 2.78. The van der Waals surface area contributed by atoms with E-state index in [4.69, 9.17) is 5.73 Å². The topological polar surface area (TPSA) is 69.4 Å². The SMILES string of the molecule is Nc1c(Br)cc2c3c(cccc13)C(=O)OC2=O. The van der Waals surface area contributed by atoms with Gasteiger partial charge >= 0.3 is 11.9 Å². The number of esters is 2. The number of nitrogen functional groups attached to an aromatic ring is 1. The van der Waals surface area contributed by atoms with Gasteiger partial charge in [0.15, 0.2) is 0 Å². The molecule has 0 fully saturated rings. The van der Waals surface area contributed by atoms with Crippen LogP contribution in [0.25, 0.3) is 10.8 Å². The highest BCUT2D eigenvalue weighted by atomic mass is 79.9. The van der Waals surface area contributed by atoms with Crippen LogP contribution in [0.2, 0.25) is 0 Å². The summed E-state index contributed by atoms with van der Waals surface area (Å²) >= 11 is 3.28. The maximum absolute atomic E-state index is 11.6. The molecule has 1 aliphatic rings. The number of ether oxygens (including phenoxy) is 1. The summed E-state index contributed by atoms with van der Waals surface area (Å²) in [6.45, 7) is 0.